The highest BCUT2D eigenvalue weighted by Crippen LogP contribution is 2.18. The van der Waals surface area contributed by atoms with Crippen LogP contribution in [0, 0.1) is 0 Å². The van der Waals surface area contributed by atoms with E-state index in [-0.39, 0.29) is 0 Å². The summed E-state index contributed by atoms with van der Waals surface area (Å²) in [4.78, 5) is 2.42. The number of aliphatic hydroxyl groups excluding tert-OH is 1. The van der Waals surface area contributed by atoms with Crippen molar-refractivity contribution in [2.24, 2.45) is 0 Å². The van der Waals surface area contributed by atoms with Gasteiger partial charge in [0, 0.05) is 19.6 Å². The molecule has 0 radical (unpaired) electrons. The van der Waals surface area contributed by atoms with Gasteiger partial charge in [0.1, 0.15) is 5.75 Å². The van der Waals surface area contributed by atoms with Crippen LogP contribution >= 0.6 is 0 Å². The first-order valence-corrected chi connectivity index (χ1v) is 7.62. The fourth-order valence-electron chi connectivity index (χ4n) is 2.46. The number of rotatable bonds is 8. The van der Waals surface area contributed by atoms with E-state index in [0.717, 1.165) is 57.1 Å². The second-order valence-electron chi connectivity index (χ2n) is 5.30. The standard InChI is InChI=1S/C16H26N2O3/c1-20-15-5-2-4-14(12-15)16(19)13-17-6-3-7-18-8-10-21-11-9-18/h2,4-5,12,16-17,19H,3,6-11,13H2,1H3. The molecule has 1 aromatic rings. The van der Waals surface area contributed by atoms with Gasteiger partial charge in [-0.2, -0.15) is 0 Å². The van der Waals surface area contributed by atoms with Crippen molar-refractivity contribution >= 4 is 0 Å². The number of benzene rings is 1. The van der Waals surface area contributed by atoms with Gasteiger partial charge in [0.05, 0.1) is 26.4 Å². The van der Waals surface area contributed by atoms with E-state index in [0.29, 0.717) is 6.54 Å². The average Bonchev–Trinajstić information content (AvgIpc) is 2.55. The Morgan fingerprint density at radius 2 is 2.19 bits per heavy atom. The van der Waals surface area contributed by atoms with Crippen LogP contribution in [-0.2, 0) is 4.74 Å². The molecule has 2 N–H and O–H groups in total. The van der Waals surface area contributed by atoms with E-state index in [9.17, 15) is 5.11 Å². The third-order valence-electron chi connectivity index (χ3n) is 3.75. The lowest BCUT2D eigenvalue weighted by molar-refractivity contribution is 0.0373. The first-order chi connectivity index (χ1) is 10.3. The number of methoxy groups -OCH3 is 1. The Morgan fingerprint density at radius 1 is 1.38 bits per heavy atom. The summed E-state index contributed by atoms with van der Waals surface area (Å²) in [5, 5.41) is 13.5. The monoisotopic (exact) mass is 294 g/mol. The number of ether oxygens (including phenoxy) is 2. The van der Waals surface area contributed by atoms with Gasteiger partial charge in [0.15, 0.2) is 0 Å². The summed E-state index contributed by atoms with van der Waals surface area (Å²) in [6, 6.07) is 7.57. The van der Waals surface area contributed by atoms with Gasteiger partial charge in [0.2, 0.25) is 0 Å². The minimum atomic E-state index is -0.497. The Kier molecular flexibility index (Phi) is 6.95. The molecule has 5 heteroatoms. The first-order valence-electron chi connectivity index (χ1n) is 7.62. The zero-order valence-electron chi connectivity index (χ0n) is 12.8. The summed E-state index contributed by atoms with van der Waals surface area (Å²) in [6.45, 7) is 6.34. The van der Waals surface area contributed by atoms with Gasteiger partial charge in [-0.05, 0) is 37.2 Å². The fraction of sp³-hybridized carbons (Fsp3) is 0.625. The predicted molar refractivity (Wildman–Crippen MR) is 82.7 cm³/mol. The highest BCUT2D eigenvalue weighted by atomic mass is 16.5. The minimum Gasteiger partial charge on any atom is -0.497 e. The Hall–Kier alpha value is -1.14. The predicted octanol–water partition coefficient (Wildman–Crippen LogP) is 1.04. The van der Waals surface area contributed by atoms with E-state index >= 15 is 0 Å². The molecule has 5 nitrogen and oxygen atoms in total. The zero-order valence-corrected chi connectivity index (χ0v) is 12.8. The molecular weight excluding hydrogens is 268 g/mol. The summed E-state index contributed by atoms with van der Waals surface area (Å²) in [6.07, 6.45) is 0.591. The van der Waals surface area contributed by atoms with Crippen LogP contribution < -0.4 is 10.1 Å². The van der Waals surface area contributed by atoms with Crippen LogP contribution in [0.15, 0.2) is 24.3 Å². The lowest BCUT2D eigenvalue weighted by Crippen LogP contribution is -2.37. The van der Waals surface area contributed by atoms with E-state index in [1.165, 1.54) is 0 Å². The van der Waals surface area contributed by atoms with Crippen molar-refractivity contribution < 1.29 is 14.6 Å². The molecule has 1 aliphatic rings. The zero-order chi connectivity index (χ0) is 14.9. The molecule has 1 unspecified atom stereocenters. The van der Waals surface area contributed by atoms with Crippen molar-refractivity contribution in [3.8, 4) is 5.75 Å². The number of nitrogens with one attached hydrogen (secondary N) is 1. The van der Waals surface area contributed by atoms with E-state index in [1.807, 2.05) is 24.3 Å². The minimum absolute atomic E-state index is 0.497. The second-order valence-corrected chi connectivity index (χ2v) is 5.30. The van der Waals surface area contributed by atoms with Crippen molar-refractivity contribution in [2.75, 3.05) is 53.0 Å². The van der Waals surface area contributed by atoms with Crippen molar-refractivity contribution in [3.63, 3.8) is 0 Å². The van der Waals surface area contributed by atoms with Gasteiger partial charge in [-0.25, -0.2) is 0 Å². The van der Waals surface area contributed by atoms with Crippen LogP contribution in [0.1, 0.15) is 18.1 Å². The van der Waals surface area contributed by atoms with Gasteiger partial charge in [-0.1, -0.05) is 12.1 Å². The number of hydrogen-bond donors (Lipinski definition) is 2. The van der Waals surface area contributed by atoms with E-state index in [1.54, 1.807) is 7.11 Å². The molecule has 21 heavy (non-hydrogen) atoms. The molecule has 1 aromatic carbocycles. The molecule has 0 aliphatic carbocycles. The van der Waals surface area contributed by atoms with Crippen LogP contribution in [0.3, 0.4) is 0 Å². The summed E-state index contributed by atoms with van der Waals surface area (Å²) in [5.74, 6) is 0.777. The van der Waals surface area contributed by atoms with Crippen molar-refractivity contribution in [3.05, 3.63) is 29.8 Å². The largest absolute Gasteiger partial charge is 0.497 e. The Labute approximate surface area is 126 Å². The Morgan fingerprint density at radius 3 is 2.95 bits per heavy atom. The van der Waals surface area contributed by atoms with Crippen LogP contribution in [0.5, 0.6) is 5.75 Å². The van der Waals surface area contributed by atoms with Crippen LogP contribution in [0.4, 0.5) is 0 Å². The maximum atomic E-state index is 10.1. The molecule has 0 amide bonds. The smallest absolute Gasteiger partial charge is 0.119 e. The molecule has 118 valence electrons. The van der Waals surface area contributed by atoms with Crippen LogP contribution in [0.2, 0.25) is 0 Å². The molecule has 1 aliphatic heterocycles. The van der Waals surface area contributed by atoms with Gasteiger partial charge in [0.25, 0.3) is 0 Å². The fourth-order valence-corrected chi connectivity index (χ4v) is 2.46. The molecule has 0 aromatic heterocycles. The molecule has 1 heterocycles. The maximum Gasteiger partial charge on any atom is 0.119 e. The van der Waals surface area contributed by atoms with Crippen molar-refractivity contribution in [2.45, 2.75) is 12.5 Å². The summed E-state index contributed by atoms with van der Waals surface area (Å²) in [5.41, 5.74) is 0.884. The maximum absolute atomic E-state index is 10.1. The number of morpholine rings is 1. The quantitative estimate of drug-likeness (QED) is 0.702. The average molecular weight is 294 g/mol. The van der Waals surface area contributed by atoms with Gasteiger partial charge in [-0.15, -0.1) is 0 Å². The Bertz CT molecular complexity index is 408. The molecule has 0 saturated carbocycles. The summed E-state index contributed by atoms with van der Waals surface area (Å²) in [7, 11) is 1.63. The third kappa shape index (κ3) is 5.63. The highest BCUT2D eigenvalue weighted by Gasteiger charge is 2.10. The van der Waals surface area contributed by atoms with E-state index in [2.05, 4.69) is 10.2 Å². The SMILES string of the molecule is COc1cccc(C(O)CNCCCN2CCOCC2)c1. The number of hydrogen-bond acceptors (Lipinski definition) is 5. The highest BCUT2D eigenvalue weighted by molar-refractivity contribution is 5.29. The van der Waals surface area contributed by atoms with Gasteiger partial charge in [-0.3, -0.25) is 4.90 Å². The van der Waals surface area contributed by atoms with Crippen molar-refractivity contribution in [1.29, 1.82) is 0 Å². The van der Waals surface area contributed by atoms with Crippen LogP contribution in [0.25, 0.3) is 0 Å². The lowest BCUT2D eigenvalue weighted by Gasteiger charge is -2.26. The van der Waals surface area contributed by atoms with Gasteiger partial charge < -0.3 is 19.9 Å². The molecule has 0 spiro atoms. The van der Waals surface area contributed by atoms with E-state index in [4.69, 9.17) is 9.47 Å². The lowest BCUT2D eigenvalue weighted by atomic mass is 10.1. The van der Waals surface area contributed by atoms with Crippen LogP contribution in [-0.4, -0.2) is 63.1 Å². The molecule has 1 saturated heterocycles. The number of aliphatic hydroxyl groups is 1. The van der Waals surface area contributed by atoms with Crippen molar-refractivity contribution in [1.82, 2.24) is 10.2 Å². The third-order valence-corrected chi connectivity index (χ3v) is 3.75. The topological polar surface area (TPSA) is 54.0 Å². The molecule has 1 fully saturated rings. The van der Waals surface area contributed by atoms with E-state index < -0.39 is 6.10 Å². The van der Waals surface area contributed by atoms with Gasteiger partial charge >= 0.3 is 0 Å². The molecule has 1 atom stereocenters. The molecular formula is C16H26N2O3. The number of nitrogens with zero attached hydrogens (tertiary/aromatic N) is 1. The first kappa shape index (κ1) is 16.2. The molecule has 2 rings (SSSR count). The Balaban J connectivity index is 1.61. The normalized spacial score (nSPS) is 17.6. The summed E-state index contributed by atoms with van der Waals surface area (Å²) < 4.78 is 10.5. The second kappa shape index (κ2) is 9.00. The molecule has 0 bridgehead atoms. The summed E-state index contributed by atoms with van der Waals surface area (Å²) >= 11 is 0.